The number of aromatic nitrogens is 1. The number of nitrogens with one attached hydrogen (secondary N) is 5. The minimum absolute atomic E-state index is 0.187. The van der Waals surface area contributed by atoms with Crippen LogP contribution >= 0.6 is 0 Å². The van der Waals surface area contributed by atoms with Crippen molar-refractivity contribution < 1.29 is 14.4 Å². The summed E-state index contributed by atoms with van der Waals surface area (Å²) in [7, 11) is 0. The number of benzene rings is 3. The molecule has 1 aromatic heterocycles. The highest BCUT2D eigenvalue weighted by molar-refractivity contribution is 6.36. The third-order valence-electron chi connectivity index (χ3n) is 6.87. The summed E-state index contributed by atoms with van der Waals surface area (Å²) in [5.74, 6) is -0.515. The zero-order valence-electron chi connectivity index (χ0n) is 23.4. The molecule has 42 heavy (non-hydrogen) atoms. The molecule has 0 bridgehead atoms. The number of anilines is 2. The summed E-state index contributed by atoms with van der Waals surface area (Å²) in [6.07, 6.45) is 3.35. The number of carbonyl (C=O) groups excluding carboxylic acids is 3. The van der Waals surface area contributed by atoms with E-state index < -0.39 is 0 Å². The minimum atomic E-state index is -0.280. The topological polar surface area (TPSA) is 124 Å². The number of pyridine rings is 1. The molecular formula is C33H32N6O3. The van der Waals surface area contributed by atoms with Gasteiger partial charge in [-0.3, -0.25) is 14.6 Å². The van der Waals surface area contributed by atoms with Crippen molar-refractivity contribution in [2.75, 3.05) is 17.2 Å². The first kappa shape index (κ1) is 28.1. The van der Waals surface area contributed by atoms with Gasteiger partial charge in [0.1, 0.15) is 0 Å². The molecule has 0 fully saturated rings. The molecule has 3 aromatic carbocycles. The lowest BCUT2D eigenvalue weighted by Gasteiger charge is -2.16. The van der Waals surface area contributed by atoms with Gasteiger partial charge < -0.3 is 26.6 Å². The number of rotatable bonds is 9. The second kappa shape index (κ2) is 12.8. The molecule has 5 N–H and O–H groups in total. The van der Waals surface area contributed by atoms with Crippen LogP contribution in [0.15, 0.2) is 97.3 Å². The van der Waals surface area contributed by atoms with E-state index in [-0.39, 0.29) is 23.9 Å². The van der Waals surface area contributed by atoms with Crippen molar-refractivity contribution in [1.29, 1.82) is 0 Å². The molecule has 0 radical (unpaired) electrons. The molecule has 9 nitrogen and oxygen atoms in total. The van der Waals surface area contributed by atoms with Crippen LogP contribution < -0.4 is 26.6 Å². The van der Waals surface area contributed by atoms with E-state index in [1.807, 2.05) is 74.5 Å². The first-order valence-corrected chi connectivity index (χ1v) is 13.8. The van der Waals surface area contributed by atoms with Gasteiger partial charge in [0.15, 0.2) is 0 Å². The van der Waals surface area contributed by atoms with E-state index in [4.69, 9.17) is 0 Å². The molecule has 9 heteroatoms. The highest BCUT2D eigenvalue weighted by atomic mass is 16.2. The summed E-state index contributed by atoms with van der Waals surface area (Å²) in [4.78, 5) is 42.8. The van der Waals surface area contributed by atoms with E-state index >= 15 is 0 Å². The van der Waals surface area contributed by atoms with Gasteiger partial charge in [-0.1, -0.05) is 42.5 Å². The van der Waals surface area contributed by atoms with Gasteiger partial charge in [0.05, 0.1) is 17.3 Å². The molecule has 0 aliphatic carbocycles. The Balaban J connectivity index is 1.45. The number of carbonyl (C=O) groups is 3. The Hall–Kier alpha value is -5.44. The van der Waals surface area contributed by atoms with Crippen molar-refractivity contribution in [3.63, 3.8) is 0 Å². The van der Waals surface area contributed by atoms with Gasteiger partial charge in [0.2, 0.25) is 0 Å². The summed E-state index contributed by atoms with van der Waals surface area (Å²) < 4.78 is 0. The lowest BCUT2D eigenvalue weighted by Crippen LogP contribution is -2.28. The predicted molar refractivity (Wildman–Crippen MR) is 164 cm³/mol. The summed E-state index contributed by atoms with van der Waals surface area (Å²) in [5.41, 5.74) is 5.96. The summed E-state index contributed by atoms with van der Waals surface area (Å²) in [6, 6.07) is 25.6. The third kappa shape index (κ3) is 6.47. The Labute approximate surface area is 244 Å². The average Bonchev–Trinajstić information content (AvgIpc) is 3.33. The van der Waals surface area contributed by atoms with E-state index in [9.17, 15) is 14.4 Å². The fourth-order valence-corrected chi connectivity index (χ4v) is 4.79. The lowest BCUT2D eigenvalue weighted by atomic mass is 9.98. The number of nitrogens with zero attached hydrogens (tertiary/aromatic N) is 1. The van der Waals surface area contributed by atoms with Crippen LogP contribution in [0.2, 0.25) is 0 Å². The minimum Gasteiger partial charge on any atom is -0.380 e. The Morgan fingerprint density at radius 1 is 0.905 bits per heavy atom. The number of amides is 4. The van der Waals surface area contributed by atoms with Crippen molar-refractivity contribution in [2.24, 2.45) is 0 Å². The van der Waals surface area contributed by atoms with E-state index in [0.29, 0.717) is 46.9 Å². The van der Waals surface area contributed by atoms with Crippen LogP contribution in [-0.2, 0) is 11.3 Å². The number of hydrogen-bond donors (Lipinski definition) is 5. The standard InChI is InChI=1S/C33H32N6O3/c1-3-35-33(42)38-26-13-7-9-22(17-26)19-36-30(25-12-8-16-34-20-25)29-27-18-24(14-15-28(27)39-32(29)41)31(40)37-21(2)23-10-5-4-6-11-23/h4-18,20-21,36H,3,19H2,1-2H3,(H,37,40)(H,39,41)(H2,35,38,42)/t21-/m1/s1. The maximum atomic E-state index is 13.4. The molecule has 1 aliphatic heterocycles. The molecule has 1 aliphatic rings. The van der Waals surface area contributed by atoms with E-state index in [0.717, 1.165) is 16.7 Å². The number of fused-ring (bicyclic) bond motifs is 1. The van der Waals surface area contributed by atoms with Crippen molar-refractivity contribution >= 4 is 40.5 Å². The van der Waals surface area contributed by atoms with E-state index in [1.165, 1.54) is 0 Å². The summed E-state index contributed by atoms with van der Waals surface area (Å²) >= 11 is 0. The molecule has 212 valence electrons. The van der Waals surface area contributed by atoms with E-state index in [1.54, 1.807) is 36.7 Å². The Morgan fingerprint density at radius 3 is 2.50 bits per heavy atom. The fourth-order valence-electron chi connectivity index (χ4n) is 4.79. The molecule has 0 spiro atoms. The van der Waals surface area contributed by atoms with Gasteiger partial charge in [-0.2, -0.15) is 0 Å². The SMILES string of the molecule is CCNC(=O)Nc1cccc(CNC(=C2C(=O)Nc3ccc(C(=O)N[C@H](C)c4ccccc4)cc32)c2cccnc2)c1. The first-order valence-electron chi connectivity index (χ1n) is 13.8. The second-order valence-corrected chi connectivity index (χ2v) is 9.85. The Bertz CT molecular complexity index is 1640. The second-order valence-electron chi connectivity index (χ2n) is 9.85. The summed E-state index contributed by atoms with van der Waals surface area (Å²) in [5, 5.41) is 14.9. The van der Waals surface area contributed by atoms with Gasteiger partial charge in [-0.25, -0.2) is 4.79 Å². The molecule has 4 aromatic rings. The molecule has 5 rings (SSSR count). The van der Waals surface area contributed by atoms with Crippen LogP contribution in [0.1, 0.15) is 52.5 Å². The summed E-state index contributed by atoms with van der Waals surface area (Å²) in [6.45, 7) is 4.68. The monoisotopic (exact) mass is 560 g/mol. The Kier molecular flexibility index (Phi) is 8.58. The van der Waals surface area contributed by atoms with Crippen LogP contribution in [0.4, 0.5) is 16.2 Å². The third-order valence-corrected chi connectivity index (χ3v) is 6.87. The molecule has 4 amide bonds. The van der Waals surface area contributed by atoms with Crippen molar-refractivity contribution in [1.82, 2.24) is 20.9 Å². The average molecular weight is 561 g/mol. The molecule has 0 unspecified atom stereocenters. The Morgan fingerprint density at radius 2 is 1.74 bits per heavy atom. The zero-order valence-corrected chi connectivity index (χ0v) is 23.4. The molecule has 2 heterocycles. The van der Waals surface area contributed by atoms with Crippen LogP contribution in [0, 0.1) is 0 Å². The first-order chi connectivity index (χ1) is 20.4. The van der Waals surface area contributed by atoms with Crippen LogP contribution in [-0.4, -0.2) is 29.4 Å². The van der Waals surface area contributed by atoms with Crippen LogP contribution in [0.3, 0.4) is 0 Å². The van der Waals surface area contributed by atoms with Crippen molar-refractivity contribution in [3.05, 3.63) is 125 Å². The van der Waals surface area contributed by atoms with Gasteiger partial charge in [0.25, 0.3) is 11.8 Å². The smallest absolute Gasteiger partial charge is 0.319 e. The quantitative estimate of drug-likeness (QED) is 0.177. The zero-order chi connectivity index (χ0) is 29.5. The molecular weight excluding hydrogens is 528 g/mol. The van der Waals surface area contributed by atoms with Gasteiger partial charge in [-0.05, 0) is 67.4 Å². The largest absolute Gasteiger partial charge is 0.380 e. The van der Waals surface area contributed by atoms with Crippen molar-refractivity contribution in [2.45, 2.75) is 26.4 Å². The molecule has 0 saturated carbocycles. The predicted octanol–water partition coefficient (Wildman–Crippen LogP) is 5.32. The normalized spacial score (nSPS) is 13.8. The van der Waals surface area contributed by atoms with Crippen molar-refractivity contribution in [3.8, 4) is 0 Å². The number of urea groups is 1. The van der Waals surface area contributed by atoms with Gasteiger partial charge in [0, 0.05) is 53.5 Å². The van der Waals surface area contributed by atoms with Gasteiger partial charge in [-0.15, -0.1) is 0 Å². The molecule has 0 saturated heterocycles. The maximum absolute atomic E-state index is 13.4. The molecule has 1 atom stereocenters. The highest BCUT2D eigenvalue weighted by Crippen LogP contribution is 2.37. The lowest BCUT2D eigenvalue weighted by molar-refractivity contribution is -0.110. The van der Waals surface area contributed by atoms with E-state index in [2.05, 4.69) is 31.6 Å². The van der Waals surface area contributed by atoms with Crippen LogP contribution in [0.5, 0.6) is 0 Å². The fraction of sp³-hybridized carbons (Fsp3) is 0.152. The maximum Gasteiger partial charge on any atom is 0.319 e. The highest BCUT2D eigenvalue weighted by Gasteiger charge is 2.29. The van der Waals surface area contributed by atoms with Gasteiger partial charge >= 0.3 is 6.03 Å². The number of hydrogen-bond acceptors (Lipinski definition) is 5. The van der Waals surface area contributed by atoms with Crippen LogP contribution in [0.25, 0.3) is 11.3 Å².